The largest absolute Gasteiger partial charge is 0.372 e. The van der Waals surface area contributed by atoms with Crippen molar-refractivity contribution in [3.05, 3.63) is 54.4 Å². The third-order valence-corrected chi connectivity index (χ3v) is 5.74. The molecule has 0 amide bonds. The lowest BCUT2D eigenvalue weighted by molar-refractivity contribution is 0.792. The van der Waals surface area contributed by atoms with Crippen LogP contribution >= 0.6 is 0 Å². The smallest absolute Gasteiger partial charge is 0.151 e. The second-order valence-electron chi connectivity index (χ2n) is 7.61. The molecule has 1 aromatic heterocycles. The number of anilines is 2. The lowest BCUT2D eigenvalue weighted by atomic mass is 10.0. The molecule has 0 saturated carbocycles. The van der Waals surface area contributed by atoms with Crippen molar-refractivity contribution in [1.82, 2.24) is 15.2 Å². The fourth-order valence-electron chi connectivity index (χ4n) is 3.92. The van der Waals surface area contributed by atoms with Gasteiger partial charge in [-0.2, -0.15) is 0 Å². The van der Waals surface area contributed by atoms with E-state index in [1.54, 1.807) is 0 Å². The average molecular weight is 418 g/mol. The molecule has 2 aromatic carbocycles. The van der Waals surface area contributed by atoms with Gasteiger partial charge in [-0.1, -0.05) is 31.2 Å². The highest BCUT2D eigenvalue weighted by Crippen LogP contribution is 2.31. The van der Waals surface area contributed by atoms with Crippen LogP contribution in [0.1, 0.15) is 46.9 Å². The Labute approximate surface area is 187 Å². The number of hydrogen-bond acceptors (Lipinski definition) is 5. The molecular formula is C26H35N5. The van der Waals surface area contributed by atoms with E-state index in [2.05, 4.69) is 103 Å². The minimum absolute atomic E-state index is 0.800. The zero-order chi connectivity index (χ0) is 22.2. The van der Waals surface area contributed by atoms with Crippen molar-refractivity contribution in [1.29, 1.82) is 0 Å². The molecule has 1 heterocycles. The van der Waals surface area contributed by atoms with Crippen molar-refractivity contribution < 1.29 is 0 Å². The van der Waals surface area contributed by atoms with E-state index in [1.165, 1.54) is 11.4 Å². The molecule has 0 fully saturated rings. The first kappa shape index (κ1) is 22.7. The van der Waals surface area contributed by atoms with Gasteiger partial charge >= 0.3 is 0 Å². The predicted octanol–water partition coefficient (Wildman–Crippen LogP) is 5.85. The highest BCUT2D eigenvalue weighted by Gasteiger charge is 2.15. The predicted molar refractivity (Wildman–Crippen MR) is 132 cm³/mol. The molecule has 31 heavy (non-hydrogen) atoms. The Morgan fingerprint density at radius 1 is 0.581 bits per heavy atom. The zero-order valence-corrected chi connectivity index (χ0v) is 19.6. The van der Waals surface area contributed by atoms with E-state index in [0.29, 0.717) is 0 Å². The molecule has 0 aliphatic heterocycles. The monoisotopic (exact) mass is 417 g/mol. The second-order valence-corrected chi connectivity index (χ2v) is 7.61. The molecule has 0 aliphatic rings. The van der Waals surface area contributed by atoms with Gasteiger partial charge in [-0.3, -0.25) is 0 Å². The van der Waals surface area contributed by atoms with Gasteiger partial charge in [0.25, 0.3) is 0 Å². The van der Waals surface area contributed by atoms with Crippen LogP contribution in [0.25, 0.3) is 22.5 Å². The molecular weight excluding hydrogens is 382 g/mol. The van der Waals surface area contributed by atoms with Crippen LogP contribution in [0.2, 0.25) is 0 Å². The maximum Gasteiger partial charge on any atom is 0.151 e. The first-order valence-corrected chi connectivity index (χ1v) is 11.6. The molecule has 0 spiro atoms. The lowest BCUT2D eigenvalue weighted by Crippen LogP contribution is -2.21. The minimum Gasteiger partial charge on any atom is -0.372 e. The Hall–Kier alpha value is -2.95. The van der Waals surface area contributed by atoms with Gasteiger partial charge in [-0.25, -0.2) is 4.98 Å². The standard InChI is InChI=1S/C26H35N5/c1-6-11-24-27-25(20-12-16-22(17-13-20)30(7-2)8-3)26(29-28-24)21-14-18-23(19-15-21)31(9-4)10-5/h12-19H,6-11H2,1-5H3. The van der Waals surface area contributed by atoms with Crippen molar-refractivity contribution in [3.8, 4) is 22.5 Å². The summed E-state index contributed by atoms with van der Waals surface area (Å²) in [6, 6.07) is 17.3. The number of hydrogen-bond donors (Lipinski definition) is 0. The van der Waals surface area contributed by atoms with Crippen molar-refractivity contribution >= 4 is 11.4 Å². The fourth-order valence-corrected chi connectivity index (χ4v) is 3.92. The average Bonchev–Trinajstić information content (AvgIpc) is 2.82. The summed E-state index contributed by atoms with van der Waals surface area (Å²) in [4.78, 5) is 9.60. The Balaban J connectivity index is 2.02. The number of rotatable bonds is 10. The van der Waals surface area contributed by atoms with E-state index in [1.807, 2.05) is 0 Å². The third-order valence-electron chi connectivity index (χ3n) is 5.74. The summed E-state index contributed by atoms with van der Waals surface area (Å²) < 4.78 is 0. The summed E-state index contributed by atoms with van der Waals surface area (Å²) in [5.41, 5.74) is 6.31. The Bertz CT molecular complexity index is 943. The van der Waals surface area contributed by atoms with Crippen molar-refractivity contribution in [2.24, 2.45) is 0 Å². The van der Waals surface area contributed by atoms with E-state index in [4.69, 9.17) is 4.98 Å². The van der Waals surface area contributed by atoms with Gasteiger partial charge in [-0.15, -0.1) is 10.2 Å². The molecule has 5 nitrogen and oxygen atoms in total. The highest BCUT2D eigenvalue weighted by atomic mass is 15.2. The molecule has 3 aromatic rings. The number of benzene rings is 2. The van der Waals surface area contributed by atoms with E-state index in [9.17, 15) is 0 Å². The fraction of sp³-hybridized carbons (Fsp3) is 0.423. The van der Waals surface area contributed by atoms with Crippen molar-refractivity contribution in [2.45, 2.75) is 47.5 Å². The zero-order valence-electron chi connectivity index (χ0n) is 19.6. The van der Waals surface area contributed by atoms with Crippen molar-refractivity contribution in [3.63, 3.8) is 0 Å². The number of nitrogens with zero attached hydrogens (tertiary/aromatic N) is 5. The normalized spacial score (nSPS) is 10.9. The van der Waals surface area contributed by atoms with Gasteiger partial charge in [-0.05, 0) is 58.4 Å². The Morgan fingerprint density at radius 3 is 1.45 bits per heavy atom. The van der Waals surface area contributed by atoms with Gasteiger partial charge < -0.3 is 9.80 Å². The molecule has 0 N–H and O–H groups in total. The summed E-state index contributed by atoms with van der Waals surface area (Å²) in [7, 11) is 0. The van der Waals surface area contributed by atoms with E-state index >= 15 is 0 Å². The van der Waals surface area contributed by atoms with Crippen LogP contribution in [-0.4, -0.2) is 41.4 Å². The molecule has 3 rings (SSSR count). The first-order valence-electron chi connectivity index (χ1n) is 11.6. The van der Waals surface area contributed by atoms with Gasteiger partial charge in [0.2, 0.25) is 0 Å². The quantitative estimate of drug-likeness (QED) is 0.414. The topological polar surface area (TPSA) is 45.2 Å². The van der Waals surface area contributed by atoms with Crippen LogP contribution in [0.15, 0.2) is 48.5 Å². The molecule has 0 saturated heterocycles. The maximum absolute atomic E-state index is 4.92. The Kier molecular flexibility index (Phi) is 7.99. The maximum atomic E-state index is 4.92. The highest BCUT2D eigenvalue weighted by molar-refractivity contribution is 5.79. The molecule has 0 unspecified atom stereocenters. The SMILES string of the molecule is CCCc1nnc(-c2ccc(N(CC)CC)cc2)c(-c2ccc(N(CC)CC)cc2)n1. The van der Waals surface area contributed by atoms with Gasteiger partial charge in [0.1, 0.15) is 11.4 Å². The molecule has 0 atom stereocenters. The van der Waals surface area contributed by atoms with Crippen LogP contribution in [0.5, 0.6) is 0 Å². The third kappa shape index (κ3) is 5.22. The summed E-state index contributed by atoms with van der Waals surface area (Å²) in [6.07, 6.45) is 1.83. The lowest BCUT2D eigenvalue weighted by Gasteiger charge is -2.21. The Morgan fingerprint density at radius 2 is 1.03 bits per heavy atom. The van der Waals surface area contributed by atoms with Gasteiger partial charge in [0, 0.05) is 55.1 Å². The van der Waals surface area contributed by atoms with E-state index in [0.717, 1.165) is 67.4 Å². The minimum atomic E-state index is 0.800. The van der Waals surface area contributed by atoms with Crippen LogP contribution in [0.3, 0.4) is 0 Å². The van der Waals surface area contributed by atoms with Gasteiger partial charge in [0.15, 0.2) is 5.82 Å². The van der Waals surface area contributed by atoms with Crippen LogP contribution < -0.4 is 9.80 Å². The first-order chi connectivity index (χ1) is 15.1. The van der Waals surface area contributed by atoms with Crippen LogP contribution in [0.4, 0.5) is 11.4 Å². The molecule has 0 aliphatic carbocycles. The summed E-state index contributed by atoms with van der Waals surface area (Å²) in [6.45, 7) is 14.8. The van der Waals surface area contributed by atoms with Crippen LogP contribution in [0, 0.1) is 0 Å². The molecule has 5 heteroatoms. The van der Waals surface area contributed by atoms with E-state index in [-0.39, 0.29) is 0 Å². The number of aromatic nitrogens is 3. The summed E-state index contributed by atoms with van der Waals surface area (Å²) in [5, 5.41) is 9.03. The molecule has 164 valence electrons. The molecule has 0 radical (unpaired) electrons. The summed E-state index contributed by atoms with van der Waals surface area (Å²) in [5.74, 6) is 0.800. The van der Waals surface area contributed by atoms with Crippen molar-refractivity contribution in [2.75, 3.05) is 36.0 Å². The van der Waals surface area contributed by atoms with Gasteiger partial charge in [0.05, 0.1) is 0 Å². The molecule has 0 bridgehead atoms. The summed E-state index contributed by atoms with van der Waals surface area (Å²) >= 11 is 0. The number of aryl methyl sites for hydroxylation is 1. The second kappa shape index (κ2) is 10.9. The van der Waals surface area contributed by atoms with Crippen LogP contribution in [-0.2, 0) is 6.42 Å². The van der Waals surface area contributed by atoms with E-state index < -0.39 is 0 Å².